The van der Waals surface area contributed by atoms with E-state index in [-0.39, 0.29) is 0 Å². The molecule has 14 heavy (non-hydrogen) atoms. The van der Waals surface area contributed by atoms with Crippen LogP contribution in [-0.4, -0.2) is 9.78 Å². The lowest BCUT2D eigenvalue weighted by molar-refractivity contribution is 0.891. The molecule has 0 aliphatic heterocycles. The Morgan fingerprint density at radius 1 is 1.14 bits per heavy atom. The molecule has 0 aliphatic carbocycles. The van der Waals surface area contributed by atoms with Crippen molar-refractivity contribution in [2.75, 3.05) is 5.73 Å². The topological polar surface area (TPSA) is 43.8 Å². The standard InChI is InChI=1S/C9H7Br2N3/c10-6-1-3-7(4-2-6)14-9(12)8(11)5-13-14/h1-5H,12H2. The van der Waals surface area contributed by atoms with Gasteiger partial charge >= 0.3 is 0 Å². The molecule has 0 amide bonds. The van der Waals surface area contributed by atoms with Crippen LogP contribution in [0.3, 0.4) is 0 Å². The summed E-state index contributed by atoms with van der Waals surface area (Å²) in [5.74, 6) is 0.604. The lowest BCUT2D eigenvalue weighted by Crippen LogP contribution is -2.01. The van der Waals surface area contributed by atoms with Gasteiger partial charge in [0.15, 0.2) is 0 Å². The van der Waals surface area contributed by atoms with E-state index < -0.39 is 0 Å². The second kappa shape index (κ2) is 3.74. The largest absolute Gasteiger partial charge is 0.383 e. The molecule has 0 spiro atoms. The predicted molar refractivity (Wildman–Crippen MR) is 63.4 cm³/mol. The van der Waals surface area contributed by atoms with Crippen LogP contribution in [0.25, 0.3) is 5.69 Å². The number of aromatic nitrogens is 2. The van der Waals surface area contributed by atoms with Gasteiger partial charge in [0.1, 0.15) is 5.82 Å². The van der Waals surface area contributed by atoms with Gasteiger partial charge in [0.25, 0.3) is 0 Å². The third-order valence-corrected chi connectivity index (χ3v) is 2.97. The summed E-state index contributed by atoms with van der Waals surface area (Å²) in [4.78, 5) is 0. The second-order valence-electron chi connectivity index (χ2n) is 2.77. The third kappa shape index (κ3) is 1.69. The Morgan fingerprint density at radius 2 is 1.79 bits per heavy atom. The SMILES string of the molecule is Nc1c(Br)cnn1-c1ccc(Br)cc1. The molecule has 0 unspecified atom stereocenters. The van der Waals surface area contributed by atoms with E-state index in [1.807, 2.05) is 24.3 Å². The number of nitrogen functional groups attached to an aromatic ring is 1. The molecule has 3 nitrogen and oxygen atoms in total. The average molecular weight is 317 g/mol. The van der Waals surface area contributed by atoms with Crippen molar-refractivity contribution in [3.05, 3.63) is 39.4 Å². The summed E-state index contributed by atoms with van der Waals surface area (Å²) in [7, 11) is 0. The molecule has 1 aromatic heterocycles. The van der Waals surface area contributed by atoms with Gasteiger partial charge in [0, 0.05) is 4.47 Å². The minimum atomic E-state index is 0.604. The molecule has 72 valence electrons. The van der Waals surface area contributed by atoms with E-state index in [1.54, 1.807) is 10.9 Å². The highest BCUT2D eigenvalue weighted by Crippen LogP contribution is 2.22. The summed E-state index contributed by atoms with van der Waals surface area (Å²) >= 11 is 6.68. The summed E-state index contributed by atoms with van der Waals surface area (Å²) in [6, 6.07) is 7.79. The molecule has 0 atom stereocenters. The molecule has 1 heterocycles. The zero-order valence-electron chi connectivity index (χ0n) is 7.11. The number of nitrogens with zero attached hydrogens (tertiary/aromatic N) is 2. The molecule has 0 saturated heterocycles. The van der Waals surface area contributed by atoms with Crippen LogP contribution in [0.4, 0.5) is 5.82 Å². The zero-order chi connectivity index (χ0) is 10.1. The van der Waals surface area contributed by atoms with Crippen LogP contribution in [0.5, 0.6) is 0 Å². The van der Waals surface area contributed by atoms with Gasteiger partial charge in [-0.15, -0.1) is 0 Å². The molecule has 0 fully saturated rings. The van der Waals surface area contributed by atoms with Gasteiger partial charge < -0.3 is 5.73 Å². The van der Waals surface area contributed by atoms with Gasteiger partial charge in [-0.3, -0.25) is 0 Å². The summed E-state index contributed by atoms with van der Waals surface area (Å²) in [6.45, 7) is 0. The number of rotatable bonds is 1. The Labute approximate surface area is 98.2 Å². The van der Waals surface area contributed by atoms with Gasteiger partial charge in [0.2, 0.25) is 0 Å². The zero-order valence-corrected chi connectivity index (χ0v) is 10.3. The molecule has 2 aromatic rings. The lowest BCUT2D eigenvalue weighted by atomic mass is 10.3. The number of hydrogen-bond acceptors (Lipinski definition) is 2. The molecule has 1 aromatic carbocycles. The van der Waals surface area contributed by atoms with Crippen molar-refractivity contribution in [3.8, 4) is 5.69 Å². The summed E-state index contributed by atoms with van der Waals surface area (Å²) < 4.78 is 3.52. The highest BCUT2D eigenvalue weighted by molar-refractivity contribution is 9.10. The van der Waals surface area contributed by atoms with Crippen LogP contribution in [0.15, 0.2) is 39.4 Å². The quantitative estimate of drug-likeness (QED) is 0.879. The van der Waals surface area contributed by atoms with Crippen molar-refractivity contribution < 1.29 is 0 Å². The Hall–Kier alpha value is -0.810. The van der Waals surface area contributed by atoms with Crippen molar-refractivity contribution in [1.29, 1.82) is 0 Å². The van der Waals surface area contributed by atoms with Crippen LogP contribution in [0.1, 0.15) is 0 Å². The van der Waals surface area contributed by atoms with Crippen LogP contribution < -0.4 is 5.73 Å². The predicted octanol–water partition coefficient (Wildman–Crippen LogP) is 2.98. The van der Waals surface area contributed by atoms with Gasteiger partial charge in [-0.1, -0.05) is 15.9 Å². The van der Waals surface area contributed by atoms with Gasteiger partial charge in [-0.05, 0) is 40.2 Å². The van der Waals surface area contributed by atoms with E-state index in [2.05, 4.69) is 37.0 Å². The average Bonchev–Trinajstić information content (AvgIpc) is 2.50. The monoisotopic (exact) mass is 315 g/mol. The maximum absolute atomic E-state index is 5.81. The first-order valence-electron chi connectivity index (χ1n) is 3.93. The Balaban J connectivity index is 2.49. The number of hydrogen-bond donors (Lipinski definition) is 1. The van der Waals surface area contributed by atoms with Crippen LogP contribution >= 0.6 is 31.9 Å². The minimum Gasteiger partial charge on any atom is -0.383 e. The Bertz CT molecular complexity index is 448. The first-order valence-corrected chi connectivity index (χ1v) is 5.52. The van der Waals surface area contributed by atoms with E-state index in [4.69, 9.17) is 5.73 Å². The van der Waals surface area contributed by atoms with E-state index in [9.17, 15) is 0 Å². The molecule has 0 aliphatic rings. The van der Waals surface area contributed by atoms with Gasteiger partial charge in [0.05, 0.1) is 16.4 Å². The molecular formula is C9H7Br2N3. The number of halogens is 2. The van der Waals surface area contributed by atoms with Crippen molar-refractivity contribution in [1.82, 2.24) is 9.78 Å². The Morgan fingerprint density at radius 3 is 2.29 bits per heavy atom. The molecule has 0 radical (unpaired) electrons. The van der Waals surface area contributed by atoms with E-state index in [0.29, 0.717) is 5.82 Å². The summed E-state index contributed by atoms with van der Waals surface area (Å²) in [5, 5.41) is 4.14. The highest BCUT2D eigenvalue weighted by atomic mass is 79.9. The van der Waals surface area contributed by atoms with Crippen molar-refractivity contribution in [2.45, 2.75) is 0 Å². The first-order chi connectivity index (χ1) is 6.68. The Kier molecular flexibility index (Phi) is 2.60. The van der Waals surface area contributed by atoms with Crippen LogP contribution in [0, 0.1) is 0 Å². The van der Waals surface area contributed by atoms with Crippen LogP contribution in [0.2, 0.25) is 0 Å². The third-order valence-electron chi connectivity index (χ3n) is 1.83. The normalized spacial score (nSPS) is 10.4. The molecule has 5 heteroatoms. The number of anilines is 1. The molecule has 0 saturated carbocycles. The maximum Gasteiger partial charge on any atom is 0.141 e. The fourth-order valence-corrected chi connectivity index (χ4v) is 1.65. The van der Waals surface area contributed by atoms with E-state index in [0.717, 1.165) is 14.6 Å². The fraction of sp³-hybridized carbons (Fsp3) is 0. The fourth-order valence-electron chi connectivity index (χ4n) is 1.13. The summed E-state index contributed by atoms with van der Waals surface area (Å²) in [6.07, 6.45) is 1.68. The molecule has 2 N–H and O–H groups in total. The number of nitrogens with two attached hydrogens (primary N) is 1. The van der Waals surface area contributed by atoms with E-state index in [1.165, 1.54) is 0 Å². The van der Waals surface area contributed by atoms with Gasteiger partial charge in [-0.25, -0.2) is 4.68 Å². The smallest absolute Gasteiger partial charge is 0.141 e. The highest BCUT2D eigenvalue weighted by Gasteiger charge is 2.05. The van der Waals surface area contributed by atoms with Crippen LogP contribution in [-0.2, 0) is 0 Å². The maximum atomic E-state index is 5.81. The van der Waals surface area contributed by atoms with Gasteiger partial charge in [-0.2, -0.15) is 5.10 Å². The van der Waals surface area contributed by atoms with Crippen molar-refractivity contribution in [2.24, 2.45) is 0 Å². The minimum absolute atomic E-state index is 0.604. The molecule has 0 bridgehead atoms. The molecular weight excluding hydrogens is 310 g/mol. The van der Waals surface area contributed by atoms with E-state index >= 15 is 0 Å². The summed E-state index contributed by atoms with van der Waals surface area (Å²) in [5.41, 5.74) is 6.76. The first kappa shape index (κ1) is 9.73. The number of benzene rings is 1. The van der Waals surface area contributed by atoms with Crippen molar-refractivity contribution in [3.63, 3.8) is 0 Å². The second-order valence-corrected chi connectivity index (χ2v) is 4.54. The lowest BCUT2D eigenvalue weighted by Gasteiger charge is -2.03. The molecule has 2 rings (SSSR count). The van der Waals surface area contributed by atoms with Crippen molar-refractivity contribution >= 4 is 37.7 Å².